The average molecular weight is 381 g/mol. The number of benzene rings is 1. The fourth-order valence-corrected chi connectivity index (χ4v) is 3.71. The van der Waals surface area contributed by atoms with Gasteiger partial charge >= 0.3 is 0 Å². The Labute approximate surface area is 158 Å². The van der Waals surface area contributed by atoms with Crippen molar-refractivity contribution < 1.29 is 9.59 Å². The number of aromatic amines is 1. The van der Waals surface area contributed by atoms with Crippen LogP contribution in [0.2, 0.25) is 10.0 Å². The third kappa shape index (κ3) is 4.72. The lowest BCUT2D eigenvalue weighted by Gasteiger charge is -2.16. The highest BCUT2D eigenvalue weighted by atomic mass is 35.5. The van der Waals surface area contributed by atoms with E-state index in [4.69, 9.17) is 23.2 Å². The molecule has 1 aromatic heterocycles. The van der Waals surface area contributed by atoms with Crippen LogP contribution in [0.25, 0.3) is 0 Å². The molecule has 0 radical (unpaired) electrons. The van der Waals surface area contributed by atoms with Crippen molar-refractivity contribution in [3.8, 4) is 0 Å². The molecule has 0 saturated carbocycles. The molecule has 1 N–H and O–H groups in total. The zero-order chi connectivity index (χ0) is 18.7. The largest absolute Gasteiger partial charge is 0.355 e. The van der Waals surface area contributed by atoms with Gasteiger partial charge in [0, 0.05) is 27.8 Å². The molecule has 4 nitrogen and oxygen atoms in total. The highest BCUT2D eigenvalue weighted by molar-refractivity contribution is 6.34. The lowest BCUT2D eigenvalue weighted by Crippen LogP contribution is -2.26. The number of rotatable bonds is 7. The number of ketones is 2. The lowest BCUT2D eigenvalue weighted by atomic mass is 10.0. The molecule has 2 aromatic rings. The average Bonchev–Trinajstić information content (AvgIpc) is 2.82. The summed E-state index contributed by atoms with van der Waals surface area (Å²) in [4.78, 5) is 29.5. The summed E-state index contributed by atoms with van der Waals surface area (Å²) in [7, 11) is 1.86. The number of carbonyl (C=O) groups is 2. The summed E-state index contributed by atoms with van der Waals surface area (Å²) < 4.78 is 0. The van der Waals surface area contributed by atoms with Crippen molar-refractivity contribution in [2.24, 2.45) is 0 Å². The first-order chi connectivity index (χ1) is 11.7. The van der Waals surface area contributed by atoms with Crippen LogP contribution in [0.1, 0.15) is 51.5 Å². The molecule has 1 heterocycles. The van der Waals surface area contributed by atoms with Crippen molar-refractivity contribution in [2.75, 3.05) is 13.6 Å². The quantitative estimate of drug-likeness (QED) is 0.707. The predicted octanol–water partition coefficient (Wildman–Crippen LogP) is 4.71. The van der Waals surface area contributed by atoms with Gasteiger partial charge in [-0.3, -0.25) is 14.5 Å². The number of halogens is 2. The zero-order valence-electron chi connectivity index (χ0n) is 14.9. The van der Waals surface area contributed by atoms with Gasteiger partial charge in [-0.05, 0) is 56.6 Å². The first-order valence-corrected chi connectivity index (χ1v) is 8.87. The Bertz CT molecular complexity index is 792. The van der Waals surface area contributed by atoms with Crippen LogP contribution < -0.4 is 0 Å². The van der Waals surface area contributed by atoms with Crippen molar-refractivity contribution in [1.82, 2.24) is 9.88 Å². The Morgan fingerprint density at radius 1 is 1.16 bits per heavy atom. The van der Waals surface area contributed by atoms with Crippen molar-refractivity contribution >= 4 is 34.8 Å². The second-order valence-electron chi connectivity index (χ2n) is 6.26. The maximum atomic E-state index is 12.7. The van der Waals surface area contributed by atoms with Crippen LogP contribution in [0, 0.1) is 6.92 Å². The molecule has 2 rings (SSSR count). The van der Waals surface area contributed by atoms with Gasteiger partial charge in [0.1, 0.15) is 0 Å². The van der Waals surface area contributed by atoms with E-state index < -0.39 is 0 Å². The molecule has 134 valence electrons. The van der Waals surface area contributed by atoms with Crippen molar-refractivity contribution in [2.45, 2.75) is 33.7 Å². The van der Waals surface area contributed by atoms with Crippen LogP contribution in [-0.4, -0.2) is 35.0 Å². The molecule has 25 heavy (non-hydrogen) atoms. The lowest BCUT2D eigenvalue weighted by molar-refractivity contribution is 0.0937. The Morgan fingerprint density at radius 2 is 1.76 bits per heavy atom. The number of hydrogen-bond acceptors (Lipinski definition) is 3. The third-order valence-corrected chi connectivity index (χ3v) is 4.50. The maximum absolute atomic E-state index is 12.7. The van der Waals surface area contributed by atoms with Crippen LogP contribution in [0.4, 0.5) is 0 Å². The Morgan fingerprint density at radius 3 is 2.28 bits per heavy atom. The van der Waals surface area contributed by atoms with Gasteiger partial charge in [-0.25, -0.2) is 0 Å². The molecule has 0 bridgehead atoms. The van der Waals surface area contributed by atoms with Crippen molar-refractivity contribution in [1.29, 1.82) is 0 Å². The monoisotopic (exact) mass is 380 g/mol. The van der Waals surface area contributed by atoms with Gasteiger partial charge in [0.15, 0.2) is 11.6 Å². The number of likely N-dealkylation sites (N-methyl/N-ethyl adjacent to an activating group) is 1. The molecule has 0 fully saturated rings. The van der Waals surface area contributed by atoms with Gasteiger partial charge in [-0.2, -0.15) is 0 Å². The number of carbonyl (C=O) groups excluding carboxylic acids is 2. The van der Waals surface area contributed by atoms with E-state index in [-0.39, 0.29) is 18.1 Å². The van der Waals surface area contributed by atoms with E-state index in [1.807, 2.05) is 37.9 Å². The van der Waals surface area contributed by atoms with Crippen LogP contribution in [0.3, 0.4) is 0 Å². The van der Waals surface area contributed by atoms with Crippen molar-refractivity contribution in [3.05, 3.63) is 56.3 Å². The van der Waals surface area contributed by atoms with Crippen LogP contribution in [-0.2, 0) is 13.0 Å². The summed E-state index contributed by atoms with van der Waals surface area (Å²) in [6.45, 7) is 6.08. The van der Waals surface area contributed by atoms with E-state index in [9.17, 15) is 9.59 Å². The second-order valence-corrected chi connectivity index (χ2v) is 7.13. The third-order valence-electron chi connectivity index (χ3n) is 4.06. The predicted molar refractivity (Wildman–Crippen MR) is 102 cm³/mol. The van der Waals surface area contributed by atoms with E-state index in [0.29, 0.717) is 34.3 Å². The standard InChI is InChI=1S/C19H22Cl2N2O2/c1-5-16-18(12(3)24)11(2)22-19(16)17(25)10-23(4)9-13-6-14(20)8-15(21)7-13/h6-8,22H,5,9-10H2,1-4H3. The minimum absolute atomic E-state index is 0.0217. The van der Waals surface area contributed by atoms with Gasteiger partial charge in [-0.1, -0.05) is 30.1 Å². The number of hydrogen-bond donors (Lipinski definition) is 1. The topological polar surface area (TPSA) is 53.2 Å². The van der Waals surface area contributed by atoms with E-state index in [1.54, 1.807) is 6.07 Å². The molecular weight excluding hydrogens is 359 g/mol. The molecule has 0 amide bonds. The number of Topliss-reactive ketones (excluding diaryl/α,β-unsaturated/α-hetero) is 2. The molecule has 0 aliphatic carbocycles. The molecule has 1 aromatic carbocycles. The fraction of sp³-hybridized carbons (Fsp3) is 0.368. The van der Waals surface area contributed by atoms with Gasteiger partial charge in [0.2, 0.25) is 0 Å². The number of H-pyrrole nitrogens is 1. The smallest absolute Gasteiger partial charge is 0.193 e. The summed E-state index contributed by atoms with van der Waals surface area (Å²) >= 11 is 12.0. The highest BCUT2D eigenvalue weighted by Gasteiger charge is 2.22. The maximum Gasteiger partial charge on any atom is 0.193 e. The van der Waals surface area contributed by atoms with Gasteiger partial charge < -0.3 is 4.98 Å². The minimum Gasteiger partial charge on any atom is -0.355 e. The van der Waals surface area contributed by atoms with Crippen LogP contribution >= 0.6 is 23.2 Å². The van der Waals surface area contributed by atoms with Gasteiger partial charge in [0.05, 0.1) is 12.2 Å². The summed E-state index contributed by atoms with van der Waals surface area (Å²) in [6.07, 6.45) is 0.633. The van der Waals surface area contributed by atoms with E-state index in [2.05, 4.69) is 4.98 Å². The second kappa shape index (κ2) is 8.17. The Kier molecular flexibility index (Phi) is 6.44. The molecular formula is C19H22Cl2N2O2. The molecule has 0 aliphatic rings. The number of nitrogens with one attached hydrogen (secondary N) is 1. The number of nitrogens with zero attached hydrogens (tertiary/aromatic N) is 1. The summed E-state index contributed by atoms with van der Waals surface area (Å²) in [5.74, 6) is -0.0605. The van der Waals surface area contributed by atoms with E-state index in [1.165, 1.54) is 6.92 Å². The highest BCUT2D eigenvalue weighted by Crippen LogP contribution is 2.22. The van der Waals surface area contributed by atoms with E-state index in [0.717, 1.165) is 16.8 Å². The van der Waals surface area contributed by atoms with Crippen molar-refractivity contribution in [3.63, 3.8) is 0 Å². The van der Waals surface area contributed by atoms with E-state index >= 15 is 0 Å². The molecule has 0 atom stereocenters. The summed E-state index contributed by atoms with van der Waals surface area (Å²) in [6, 6.07) is 5.34. The van der Waals surface area contributed by atoms with Crippen LogP contribution in [0.5, 0.6) is 0 Å². The number of aryl methyl sites for hydroxylation is 1. The first kappa shape index (κ1) is 19.7. The molecule has 6 heteroatoms. The first-order valence-electron chi connectivity index (χ1n) is 8.12. The zero-order valence-corrected chi connectivity index (χ0v) is 16.4. The van der Waals surface area contributed by atoms with Crippen LogP contribution in [0.15, 0.2) is 18.2 Å². The fourth-order valence-electron chi connectivity index (χ4n) is 3.14. The normalized spacial score (nSPS) is 11.2. The molecule has 0 saturated heterocycles. The molecule has 0 spiro atoms. The SMILES string of the molecule is CCc1c(C(=O)CN(C)Cc2cc(Cl)cc(Cl)c2)[nH]c(C)c1C(C)=O. The molecule has 0 unspecified atom stereocenters. The van der Waals surface area contributed by atoms with Gasteiger partial charge in [0.25, 0.3) is 0 Å². The Balaban J connectivity index is 2.16. The number of aromatic nitrogens is 1. The summed E-state index contributed by atoms with van der Waals surface area (Å²) in [5, 5.41) is 1.14. The van der Waals surface area contributed by atoms with Gasteiger partial charge in [-0.15, -0.1) is 0 Å². The Hall–Kier alpha value is -1.62. The molecule has 0 aliphatic heterocycles. The minimum atomic E-state index is -0.0388. The summed E-state index contributed by atoms with van der Waals surface area (Å²) in [5.41, 5.74) is 3.65.